The molecule has 0 N–H and O–H groups in total. The van der Waals surface area contributed by atoms with E-state index in [1.54, 1.807) is 0 Å². The maximum absolute atomic E-state index is 11.3. The number of hydrogen-bond acceptors (Lipinski definition) is 5. The van der Waals surface area contributed by atoms with Gasteiger partial charge in [-0.05, 0) is 30.4 Å². The molecule has 1 aliphatic rings. The molecule has 1 aliphatic carbocycles. The second kappa shape index (κ2) is 5.03. The number of nitro groups is 1. The number of rotatable bonds is 4. The number of benzene rings is 1. The van der Waals surface area contributed by atoms with Crippen LogP contribution in [-0.4, -0.2) is 17.7 Å². The molecule has 18 heavy (non-hydrogen) atoms. The monoisotopic (exact) mass is 251 g/mol. The van der Waals surface area contributed by atoms with Crippen molar-refractivity contribution in [3.8, 4) is 5.75 Å². The van der Waals surface area contributed by atoms with Gasteiger partial charge >= 0.3 is 6.16 Å². The van der Waals surface area contributed by atoms with E-state index in [1.807, 2.05) is 0 Å². The predicted octanol–water partition coefficient (Wildman–Crippen LogP) is 2.77. The summed E-state index contributed by atoms with van der Waals surface area (Å²) in [6.45, 7) is 2.46. The van der Waals surface area contributed by atoms with Crippen molar-refractivity contribution in [3.63, 3.8) is 0 Å². The maximum atomic E-state index is 11.3. The minimum Gasteiger partial charge on any atom is -0.434 e. The SMILES string of the molecule is CC1CC1COC(=O)Oc1ccc([N+](=O)[O-])cc1. The lowest BCUT2D eigenvalue weighted by molar-refractivity contribution is -0.384. The van der Waals surface area contributed by atoms with Crippen molar-refractivity contribution in [2.24, 2.45) is 11.8 Å². The quantitative estimate of drug-likeness (QED) is 0.356. The fourth-order valence-corrected chi connectivity index (χ4v) is 1.57. The Labute approximate surface area is 104 Å². The Morgan fingerprint density at radius 1 is 1.44 bits per heavy atom. The molecule has 0 amide bonds. The lowest BCUT2D eigenvalue weighted by Crippen LogP contribution is -2.12. The van der Waals surface area contributed by atoms with Crippen LogP contribution in [0, 0.1) is 22.0 Å². The lowest BCUT2D eigenvalue weighted by Gasteiger charge is -2.04. The van der Waals surface area contributed by atoms with Gasteiger partial charge < -0.3 is 9.47 Å². The van der Waals surface area contributed by atoms with E-state index in [4.69, 9.17) is 9.47 Å². The molecule has 2 atom stereocenters. The largest absolute Gasteiger partial charge is 0.513 e. The van der Waals surface area contributed by atoms with Crippen LogP contribution in [0.25, 0.3) is 0 Å². The molecule has 0 aromatic heterocycles. The molecular formula is C12H13NO5. The summed E-state index contributed by atoms with van der Waals surface area (Å²) in [6.07, 6.45) is 0.299. The van der Waals surface area contributed by atoms with Gasteiger partial charge in [-0.25, -0.2) is 4.79 Å². The first-order valence-corrected chi connectivity index (χ1v) is 5.65. The first-order valence-electron chi connectivity index (χ1n) is 5.65. The Morgan fingerprint density at radius 2 is 2.06 bits per heavy atom. The van der Waals surface area contributed by atoms with E-state index in [0.29, 0.717) is 18.4 Å². The summed E-state index contributed by atoms with van der Waals surface area (Å²) in [6, 6.07) is 5.26. The van der Waals surface area contributed by atoms with Crippen molar-refractivity contribution >= 4 is 11.8 Å². The van der Waals surface area contributed by atoms with Gasteiger partial charge in [-0.1, -0.05) is 6.92 Å². The molecule has 1 saturated carbocycles. The number of non-ortho nitro benzene ring substituents is 1. The zero-order valence-corrected chi connectivity index (χ0v) is 9.87. The molecule has 2 unspecified atom stereocenters. The Hall–Kier alpha value is -2.11. The number of nitrogens with zero attached hydrogens (tertiary/aromatic N) is 1. The van der Waals surface area contributed by atoms with Crippen LogP contribution >= 0.6 is 0 Å². The molecule has 0 aliphatic heterocycles. The topological polar surface area (TPSA) is 78.7 Å². The van der Waals surface area contributed by atoms with Gasteiger partial charge in [0.15, 0.2) is 0 Å². The normalized spacial score (nSPS) is 21.2. The smallest absolute Gasteiger partial charge is 0.434 e. The fourth-order valence-electron chi connectivity index (χ4n) is 1.57. The van der Waals surface area contributed by atoms with Gasteiger partial charge in [0.1, 0.15) is 5.75 Å². The van der Waals surface area contributed by atoms with E-state index in [-0.39, 0.29) is 11.4 Å². The molecular weight excluding hydrogens is 238 g/mol. The van der Waals surface area contributed by atoms with Gasteiger partial charge in [-0.3, -0.25) is 10.1 Å². The van der Waals surface area contributed by atoms with Crippen LogP contribution in [0.5, 0.6) is 5.75 Å². The maximum Gasteiger partial charge on any atom is 0.513 e. The fraction of sp³-hybridized carbons (Fsp3) is 0.417. The van der Waals surface area contributed by atoms with Gasteiger partial charge in [0.2, 0.25) is 0 Å². The van der Waals surface area contributed by atoms with E-state index in [9.17, 15) is 14.9 Å². The highest BCUT2D eigenvalue weighted by molar-refractivity contribution is 5.64. The predicted molar refractivity (Wildman–Crippen MR) is 62.3 cm³/mol. The van der Waals surface area contributed by atoms with Gasteiger partial charge in [-0.15, -0.1) is 0 Å². The second-order valence-corrected chi connectivity index (χ2v) is 4.39. The van der Waals surface area contributed by atoms with Crippen LogP contribution in [0.15, 0.2) is 24.3 Å². The summed E-state index contributed by atoms with van der Waals surface area (Å²) in [5.41, 5.74) is -0.0532. The van der Waals surface area contributed by atoms with Crippen LogP contribution in [0.2, 0.25) is 0 Å². The molecule has 6 nitrogen and oxygen atoms in total. The summed E-state index contributed by atoms with van der Waals surface area (Å²) >= 11 is 0. The average molecular weight is 251 g/mol. The lowest BCUT2D eigenvalue weighted by atomic mass is 10.3. The summed E-state index contributed by atoms with van der Waals surface area (Å²) in [5.74, 6) is 1.28. The minimum absolute atomic E-state index is 0.0532. The molecule has 0 heterocycles. The third kappa shape index (κ3) is 3.19. The molecule has 1 aromatic rings. The van der Waals surface area contributed by atoms with Gasteiger partial charge in [0, 0.05) is 12.1 Å². The van der Waals surface area contributed by atoms with Crippen LogP contribution in [0.3, 0.4) is 0 Å². The van der Waals surface area contributed by atoms with E-state index >= 15 is 0 Å². The first kappa shape index (κ1) is 12.3. The highest BCUT2D eigenvalue weighted by Crippen LogP contribution is 2.37. The van der Waals surface area contributed by atoms with Gasteiger partial charge in [0.05, 0.1) is 11.5 Å². The standard InChI is InChI=1S/C12H13NO5/c1-8-6-9(8)7-17-12(14)18-11-4-2-10(3-5-11)13(15)16/h2-5,8-9H,6-7H2,1H3. The van der Waals surface area contributed by atoms with Crippen LogP contribution in [0.4, 0.5) is 10.5 Å². The van der Waals surface area contributed by atoms with Crippen LogP contribution in [0.1, 0.15) is 13.3 Å². The molecule has 1 fully saturated rings. The Kier molecular flexibility index (Phi) is 3.45. The molecule has 0 radical (unpaired) electrons. The summed E-state index contributed by atoms with van der Waals surface area (Å²) < 4.78 is 9.80. The summed E-state index contributed by atoms with van der Waals surface area (Å²) in [5, 5.41) is 10.4. The Morgan fingerprint density at radius 3 is 2.56 bits per heavy atom. The van der Waals surface area contributed by atoms with E-state index < -0.39 is 11.1 Å². The number of carbonyl (C=O) groups is 1. The molecule has 0 saturated heterocycles. The second-order valence-electron chi connectivity index (χ2n) is 4.39. The van der Waals surface area contributed by atoms with Crippen molar-refractivity contribution in [1.29, 1.82) is 0 Å². The summed E-state index contributed by atoms with van der Waals surface area (Å²) in [4.78, 5) is 21.2. The van der Waals surface area contributed by atoms with E-state index in [1.165, 1.54) is 24.3 Å². The number of carbonyl (C=O) groups excluding carboxylic acids is 1. The first-order chi connectivity index (χ1) is 8.56. The average Bonchev–Trinajstić information content (AvgIpc) is 3.03. The van der Waals surface area contributed by atoms with Crippen LogP contribution in [-0.2, 0) is 4.74 Å². The summed E-state index contributed by atoms with van der Waals surface area (Å²) in [7, 11) is 0. The van der Waals surface area contributed by atoms with Crippen molar-refractivity contribution in [2.75, 3.05) is 6.61 Å². The molecule has 0 spiro atoms. The molecule has 96 valence electrons. The minimum atomic E-state index is -0.775. The third-order valence-corrected chi connectivity index (χ3v) is 2.94. The van der Waals surface area contributed by atoms with Gasteiger partial charge in [0.25, 0.3) is 5.69 Å². The third-order valence-electron chi connectivity index (χ3n) is 2.94. The van der Waals surface area contributed by atoms with Crippen molar-refractivity contribution in [3.05, 3.63) is 34.4 Å². The van der Waals surface area contributed by atoms with E-state index in [0.717, 1.165) is 6.42 Å². The van der Waals surface area contributed by atoms with Gasteiger partial charge in [-0.2, -0.15) is 0 Å². The zero-order valence-electron chi connectivity index (χ0n) is 9.87. The Bertz CT molecular complexity index is 456. The van der Waals surface area contributed by atoms with Crippen molar-refractivity contribution in [1.82, 2.24) is 0 Å². The highest BCUT2D eigenvalue weighted by Gasteiger charge is 2.33. The van der Waals surface area contributed by atoms with Crippen LogP contribution < -0.4 is 4.74 Å². The highest BCUT2D eigenvalue weighted by atomic mass is 16.7. The number of nitro benzene ring substituents is 1. The molecule has 0 bridgehead atoms. The molecule has 1 aromatic carbocycles. The van der Waals surface area contributed by atoms with Crippen molar-refractivity contribution in [2.45, 2.75) is 13.3 Å². The number of ether oxygens (including phenoxy) is 2. The molecule has 6 heteroatoms. The molecule has 2 rings (SSSR count). The zero-order chi connectivity index (χ0) is 13.1. The number of hydrogen-bond donors (Lipinski definition) is 0. The van der Waals surface area contributed by atoms with Crippen molar-refractivity contribution < 1.29 is 19.2 Å². The Balaban J connectivity index is 1.81. The van der Waals surface area contributed by atoms with E-state index in [2.05, 4.69) is 6.92 Å².